The Labute approximate surface area is 129 Å². The molecule has 0 aromatic heterocycles. The topological polar surface area (TPSA) is 20.2 Å². The molecule has 0 fully saturated rings. The van der Waals surface area contributed by atoms with Gasteiger partial charge in [0.2, 0.25) is 0 Å². The van der Waals surface area contributed by atoms with Crippen molar-refractivity contribution in [3.05, 3.63) is 58.4 Å². The third-order valence-electron chi connectivity index (χ3n) is 4.04. The van der Waals surface area contributed by atoms with Gasteiger partial charge in [-0.05, 0) is 79.6 Å². The van der Waals surface area contributed by atoms with Crippen molar-refractivity contribution >= 4 is 11.8 Å². The van der Waals surface area contributed by atoms with Crippen LogP contribution in [0.2, 0.25) is 0 Å². The molecule has 110 valence electrons. The first-order chi connectivity index (χ1) is 10.0. The molecule has 1 atom stereocenters. The van der Waals surface area contributed by atoms with Crippen molar-refractivity contribution in [2.45, 2.75) is 49.0 Å². The van der Waals surface area contributed by atoms with E-state index in [1.807, 2.05) is 6.07 Å². The van der Waals surface area contributed by atoms with Crippen molar-refractivity contribution < 1.29 is 9.50 Å². The van der Waals surface area contributed by atoms with Crippen molar-refractivity contribution in [2.24, 2.45) is 0 Å². The van der Waals surface area contributed by atoms with Gasteiger partial charge in [-0.3, -0.25) is 0 Å². The highest BCUT2D eigenvalue weighted by Crippen LogP contribution is 2.36. The van der Waals surface area contributed by atoms with E-state index < -0.39 is 6.10 Å². The summed E-state index contributed by atoms with van der Waals surface area (Å²) in [4.78, 5) is 2.09. The fraction of sp³-hybridized carbons (Fsp3) is 0.333. The molecular formula is C18H19FOS. The summed E-state index contributed by atoms with van der Waals surface area (Å²) in [5, 5.41) is 9.87. The molecule has 1 N–H and O–H groups in total. The Balaban J connectivity index is 1.95. The van der Waals surface area contributed by atoms with Crippen molar-refractivity contribution in [3.63, 3.8) is 0 Å². The smallest absolute Gasteiger partial charge is 0.126 e. The minimum atomic E-state index is -0.669. The van der Waals surface area contributed by atoms with Gasteiger partial charge in [-0.1, -0.05) is 17.8 Å². The van der Waals surface area contributed by atoms with Gasteiger partial charge >= 0.3 is 0 Å². The van der Waals surface area contributed by atoms with E-state index in [9.17, 15) is 9.50 Å². The first kappa shape index (κ1) is 14.6. The number of halogens is 1. The number of hydrogen-bond acceptors (Lipinski definition) is 2. The Morgan fingerprint density at radius 2 is 1.90 bits per heavy atom. The molecule has 3 rings (SSSR count). The summed E-state index contributed by atoms with van der Waals surface area (Å²) in [6.45, 7) is 3.44. The summed E-state index contributed by atoms with van der Waals surface area (Å²) in [6.07, 6.45) is 2.89. The van der Waals surface area contributed by atoms with Gasteiger partial charge in [0.15, 0.2) is 0 Å². The zero-order valence-corrected chi connectivity index (χ0v) is 13.1. The third kappa shape index (κ3) is 2.99. The number of benzene rings is 2. The number of aliphatic hydroxyl groups excluding tert-OH is 1. The van der Waals surface area contributed by atoms with E-state index in [0.717, 1.165) is 16.2 Å². The van der Waals surface area contributed by atoms with Gasteiger partial charge in [-0.25, -0.2) is 4.39 Å². The van der Waals surface area contributed by atoms with E-state index in [1.165, 1.54) is 30.0 Å². The first-order valence-electron chi connectivity index (χ1n) is 7.32. The predicted octanol–water partition coefficient (Wildman–Crippen LogP) is 4.83. The summed E-state index contributed by atoms with van der Waals surface area (Å²) >= 11 is 1.60. The van der Waals surface area contributed by atoms with Crippen LogP contribution in [0.25, 0.3) is 0 Å². The van der Waals surface area contributed by atoms with Gasteiger partial charge in [0, 0.05) is 9.79 Å². The van der Waals surface area contributed by atoms with Crippen LogP contribution in [-0.4, -0.2) is 5.11 Å². The zero-order valence-electron chi connectivity index (χ0n) is 12.3. The average Bonchev–Trinajstić information content (AvgIpc) is 2.89. The van der Waals surface area contributed by atoms with E-state index in [-0.39, 0.29) is 5.82 Å². The van der Waals surface area contributed by atoms with Gasteiger partial charge in [0.05, 0.1) is 6.10 Å². The summed E-state index contributed by atoms with van der Waals surface area (Å²) < 4.78 is 13.7. The number of hydrogen-bond donors (Lipinski definition) is 1. The standard InChI is InChI=1S/C18H19FOS/c1-11-8-18(16(12(2)20)10-17(11)19)21-15-7-6-13-4-3-5-14(13)9-15/h6-10,12,20H,3-5H2,1-2H3/t12-/m0/s1. The molecule has 0 amide bonds. The lowest BCUT2D eigenvalue weighted by molar-refractivity contribution is 0.196. The molecule has 0 aliphatic heterocycles. The first-order valence-corrected chi connectivity index (χ1v) is 8.14. The summed E-state index contributed by atoms with van der Waals surface area (Å²) in [6, 6.07) is 9.84. The maximum Gasteiger partial charge on any atom is 0.126 e. The minimum absolute atomic E-state index is 0.260. The van der Waals surface area contributed by atoms with Crippen LogP contribution in [0.3, 0.4) is 0 Å². The van der Waals surface area contributed by atoms with E-state index in [0.29, 0.717) is 11.1 Å². The monoisotopic (exact) mass is 302 g/mol. The fourth-order valence-corrected chi connectivity index (χ4v) is 4.00. The largest absolute Gasteiger partial charge is 0.389 e. The van der Waals surface area contributed by atoms with E-state index in [4.69, 9.17) is 0 Å². The molecule has 0 spiro atoms. The van der Waals surface area contributed by atoms with Crippen LogP contribution >= 0.6 is 11.8 Å². The Morgan fingerprint density at radius 1 is 1.14 bits per heavy atom. The molecule has 0 saturated heterocycles. The fourth-order valence-electron chi connectivity index (χ4n) is 2.82. The minimum Gasteiger partial charge on any atom is -0.389 e. The molecule has 1 nitrogen and oxygen atoms in total. The molecule has 2 aromatic carbocycles. The summed E-state index contributed by atoms with van der Waals surface area (Å²) in [5.74, 6) is -0.260. The molecule has 0 saturated carbocycles. The van der Waals surface area contributed by atoms with Crippen molar-refractivity contribution in [1.29, 1.82) is 0 Å². The second-order valence-corrected chi connectivity index (χ2v) is 6.82. The van der Waals surface area contributed by atoms with Gasteiger partial charge in [-0.2, -0.15) is 0 Å². The molecule has 1 aliphatic rings. The molecular weight excluding hydrogens is 283 g/mol. The second kappa shape index (κ2) is 5.82. The lowest BCUT2D eigenvalue weighted by Crippen LogP contribution is -1.97. The van der Waals surface area contributed by atoms with E-state index in [1.54, 1.807) is 25.6 Å². The SMILES string of the molecule is Cc1cc(Sc2ccc3c(c2)CCC3)c([C@H](C)O)cc1F. The Morgan fingerprint density at radius 3 is 2.67 bits per heavy atom. The highest BCUT2D eigenvalue weighted by Gasteiger charge is 2.15. The molecule has 21 heavy (non-hydrogen) atoms. The predicted molar refractivity (Wildman–Crippen MR) is 84.4 cm³/mol. The molecule has 0 bridgehead atoms. The second-order valence-electron chi connectivity index (χ2n) is 5.70. The summed E-state index contributed by atoms with van der Waals surface area (Å²) in [5.41, 5.74) is 4.15. The highest BCUT2D eigenvalue weighted by molar-refractivity contribution is 7.99. The number of aliphatic hydroxyl groups is 1. The normalized spacial score (nSPS) is 15.0. The van der Waals surface area contributed by atoms with Gasteiger partial charge in [0.1, 0.15) is 5.82 Å². The maximum atomic E-state index is 13.7. The van der Waals surface area contributed by atoms with Crippen LogP contribution in [0.15, 0.2) is 40.1 Å². The van der Waals surface area contributed by atoms with Crippen LogP contribution in [0.5, 0.6) is 0 Å². The van der Waals surface area contributed by atoms with Crippen LogP contribution in [0.4, 0.5) is 4.39 Å². The zero-order chi connectivity index (χ0) is 15.0. The van der Waals surface area contributed by atoms with Crippen LogP contribution in [-0.2, 0) is 12.8 Å². The molecule has 1 aliphatic carbocycles. The lowest BCUT2D eigenvalue weighted by atomic mass is 10.1. The number of rotatable bonds is 3. The number of fused-ring (bicyclic) bond motifs is 1. The van der Waals surface area contributed by atoms with Gasteiger partial charge in [0.25, 0.3) is 0 Å². The van der Waals surface area contributed by atoms with E-state index >= 15 is 0 Å². The van der Waals surface area contributed by atoms with Crippen LogP contribution < -0.4 is 0 Å². The molecule has 3 heteroatoms. The van der Waals surface area contributed by atoms with Crippen LogP contribution in [0.1, 0.15) is 41.7 Å². The van der Waals surface area contributed by atoms with Crippen molar-refractivity contribution in [2.75, 3.05) is 0 Å². The molecule has 0 radical (unpaired) electrons. The summed E-state index contributed by atoms with van der Waals surface area (Å²) in [7, 11) is 0. The maximum absolute atomic E-state index is 13.7. The molecule has 0 heterocycles. The van der Waals surface area contributed by atoms with E-state index in [2.05, 4.69) is 18.2 Å². The molecule has 2 aromatic rings. The third-order valence-corrected chi connectivity index (χ3v) is 5.10. The van der Waals surface area contributed by atoms with Gasteiger partial charge in [-0.15, -0.1) is 0 Å². The Hall–Kier alpha value is -1.32. The van der Waals surface area contributed by atoms with Crippen LogP contribution in [0, 0.1) is 12.7 Å². The van der Waals surface area contributed by atoms with Crippen molar-refractivity contribution in [3.8, 4) is 0 Å². The Bertz CT molecular complexity index is 679. The van der Waals surface area contributed by atoms with Crippen molar-refractivity contribution in [1.82, 2.24) is 0 Å². The average molecular weight is 302 g/mol. The quantitative estimate of drug-likeness (QED) is 0.876. The molecule has 0 unspecified atom stereocenters. The van der Waals surface area contributed by atoms with Gasteiger partial charge < -0.3 is 5.11 Å². The lowest BCUT2D eigenvalue weighted by Gasteiger charge is -2.14. The highest BCUT2D eigenvalue weighted by atomic mass is 32.2. The Kier molecular flexibility index (Phi) is 4.05. The number of aryl methyl sites for hydroxylation is 3.